The summed E-state index contributed by atoms with van der Waals surface area (Å²) in [6.07, 6.45) is 1.80. The molecular formula is C17H21N3O3S. The molecule has 0 bridgehead atoms. The van der Waals surface area contributed by atoms with Crippen LogP contribution in [-0.4, -0.2) is 45.7 Å². The molecule has 0 N–H and O–H groups in total. The molecule has 6 nitrogen and oxygen atoms in total. The summed E-state index contributed by atoms with van der Waals surface area (Å²) in [5.41, 5.74) is 0.422. The number of aromatic nitrogens is 2. The van der Waals surface area contributed by atoms with E-state index in [9.17, 15) is 9.59 Å². The van der Waals surface area contributed by atoms with Gasteiger partial charge in [0.25, 0.3) is 11.5 Å². The maximum Gasteiger partial charge on any atom is 0.264 e. The van der Waals surface area contributed by atoms with E-state index >= 15 is 0 Å². The van der Waals surface area contributed by atoms with Crippen molar-refractivity contribution in [2.24, 2.45) is 0 Å². The molecule has 1 amide bonds. The van der Waals surface area contributed by atoms with Crippen LogP contribution in [0.1, 0.15) is 41.3 Å². The molecule has 0 unspecified atom stereocenters. The van der Waals surface area contributed by atoms with Gasteiger partial charge in [-0.1, -0.05) is 0 Å². The van der Waals surface area contributed by atoms with E-state index in [-0.39, 0.29) is 17.0 Å². The molecular weight excluding hydrogens is 326 g/mol. The number of morpholine rings is 1. The molecule has 4 rings (SSSR count). The predicted octanol–water partition coefficient (Wildman–Crippen LogP) is 1.96. The second kappa shape index (κ2) is 5.39. The third-order valence-corrected chi connectivity index (χ3v) is 6.17. The van der Waals surface area contributed by atoms with E-state index < -0.39 is 0 Å². The topological polar surface area (TPSA) is 64.4 Å². The van der Waals surface area contributed by atoms with Gasteiger partial charge in [-0.05, 0) is 32.8 Å². The Labute approximate surface area is 144 Å². The highest BCUT2D eigenvalue weighted by molar-refractivity contribution is 7.20. The van der Waals surface area contributed by atoms with Gasteiger partial charge in [-0.3, -0.25) is 14.2 Å². The summed E-state index contributed by atoms with van der Waals surface area (Å²) in [5, 5.41) is 0.611. The highest BCUT2D eigenvalue weighted by Gasteiger charge is 2.36. The molecule has 2 aliphatic heterocycles. The van der Waals surface area contributed by atoms with E-state index in [1.165, 1.54) is 11.3 Å². The Bertz CT molecular complexity index is 897. The largest absolute Gasteiger partial charge is 0.377 e. The summed E-state index contributed by atoms with van der Waals surface area (Å²) < 4.78 is 7.27. The smallest absolute Gasteiger partial charge is 0.264 e. The monoisotopic (exact) mass is 347 g/mol. The maximum atomic E-state index is 13.1. The summed E-state index contributed by atoms with van der Waals surface area (Å²) in [5.74, 6) is 0.827. The third-order valence-electron chi connectivity index (χ3n) is 5.00. The Morgan fingerprint density at radius 1 is 1.33 bits per heavy atom. The number of carbonyl (C=O) groups excluding carboxylic acids is 1. The number of hydrogen-bond acceptors (Lipinski definition) is 5. The molecule has 0 aromatic carbocycles. The second-order valence-electron chi connectivity index (χ2n) is 7.15. The molecule has 1 fully saturated rings. The molecule has 0 spiro atoms. The molecule has 0 radical (unpaired) electrons. The maximum absolute atomic E-state index is 13.1. The molecule has 0 atom stereocenters. The number of hydrogen-bond donors (Lipinski definition) is 0. The van der Waals surface area contributed by atoms with Gasteiger partial charge in [0.05, 0.1) is 29.0 Å². The molecule has 7 heteroatoms. The lowest BCUT2D eigenvalue weighted by Gasteiger charge is -2.42. The minimum atomic E-state index is -0.345. The predicted molar refractivity (Wildman–Crippen MR) is 92.9 cm³/mol. The number of fused-ring (bicyclic) bond motifs is 2. The van der Waals surface area contributed by atoms with Gasteiger partial charge in [0, 0.05) is 19.5 Å². The normalized spacial score (nSPS) is 19.7. The Kier molecular flexibility index (Phi) is 3.54. The van der Waals surface area contributed by atoms with Crippen molar-refractivity contribution in [3.05, 3.63) is 26.6 Å². The van der Waals surface area contributed by atoms with E-state index in [0.717, 1.165) is 30.8 Å². The van der Waals surface area contributed by atoms with Gasteiger partial charge < -0.3 is 9.64 Å². The second-order valence-corrected chi connectivity index (χ2v) is 8.15. The minimum absolute atomic E-state index is 0.00142. The highest BCUT2D eigenvalue weighted by atomic mass is 32.1. The fourth-order valence-electron chi connectivity index (χ4n) is 3.64. The standard InChI is InChI=1S/C17H21N3O3S/c1-10-12-14(18-11-5-4-6-19(11)15(12)21)24-13(10)16(22)20-7-8-23-9-17(20,2)3/h4-9H2,1-3H3. The van der Waals surface area contributed by atoms with E-state index in [0.29, 0.717) is 34.9 Å². The van der Waals surface area contributed by atoms with Crippen LogP contribution < -0.4 is 5.56 Å². The molecule has 4 heterocycles. The van der Waals surface area contributed by atoms with Crippen molar-refractivity contribution in [3.63, 3.8) is 0 Å². The van der Waals surface area contributed by atoms with Gasteiger partial charge in [-0.25, -0.2) is 4.98 Å². The number of aryl methyl sites for hydroxylation is 2. The van der Waals surface area contributed by atoms with Crippen molar-refractivity contribution in [3.8, 4) is 0 Å². The summed E-state index contributed by atoms with van der Waals surface area (Å²) in [6, 6.07) is 0. The van der Waals surface area contributed by atoms with Gasteiger partial charge >= 0.3 is 0 Å². The molecule has 2 aromatic heterocycles. The van der Waals surface area contributed by atoms with Crippen LogP contribution in [0.25, 0.3) is 10.2 Å². The molecule has 0 aliphatic carbocycles. The summed E-state index contributed by atoms with van der Waals surface area (Å²) in [7, 11) is 0. The van der Waals surface area contributed by atoms with Gasteiger partial charge in [0.2, 0.25) is 0 Å². The third kappa shape index (κ3) is 2.22. The lowest BCUT2D eigenvalue weighted by Crippen LogP contribution is -2.55. The molecule has 2 aromatic rings. The van der Waals surface area contributed by atoms with Crippen LogP contribution >= 0.6 is 11.3 Å². The fourth-order valence-corrected chi connectivity index (χ4v) is 4.78. The quantitative estimate of drug-likeness (QED) is 0.791. The average molecular weight is 347 g/mol. The van der Waals surface area contributed by atoms with Crippen LogP contribution in [0.3, 0.4) is 0 Å². The van der Waals surface area contributed by atoms with E-state index in [1.807, 2.05) is 25.7 Å². The molecule has 128 valence electrons. The first kappa shape index (κ1) is 15.8. The minimum Gasteiger partial charge on any atom is -0.377 e. The Morgan fingerprint density at radius 3 is 2.88 bits per heavy atom. The SMILES string of the molecule is Cc1c(C(=O)N2CCOCC2(C)C)sc2nc3n(c(=O)c12)CCC3. The number of carbonyl (C=O) groups is 1. The molecule has 24 heavy (non-hydrogen) atoms. The van der Waals surface area contributed by atoms with Crippen molar-refractivity contribution < 1.29 is 9.53 Å². The summed E-state index contributed by atoms with van der Waals surface area (Å²) in [6.45, 7) is 8.26. The highest BCUT2D eigenvalue weighted by Crippen LogP contribution is 2.32. The van der Waals surface area contributed by atoms with Crippen molar-refractivity contribution in [1.29, 1.82) is 0 Å². The lowest BCUT2D eigenvalue weighted by molar-refractivity contribution is -0.0368. The summed E-state index contributed by atoms with van der Waals surface area (Å²) >= 11 is 1.35. The van der Waals surface area contributed by atoms with Crippen LogP contribution in [0.2, 0.25) is 0 Å². The first-order valence-electron chi connectivity index (χ1n) is 8.33. The Morgan fingerprint density at radius 2 is 2.12 bits per heavy atom. The number of amides is 1. The Balaban J connectivity index is 1.83. The number of thiophene rings is 1. The van der Waals surface area contributed by atoms with Crippen molar-refractivity contribution in [2.45, 2.75) is 45.7 Å². The zero-order valence-corrected chi connectivity index (χ0v) is 15.0. The van der Waals surface area contributed by atoms with Crippen LogP contribution in [0.4, 0.5) is 0 Å². The van der Waals surface area contributed by atoms with Crippen LogP contribution in [0.5, 0.6) is 0 Å². The summed E-state index contributed by atoms with van der Waals surface area (Å²) in [4.78, 5) is 33.7. The fraction of sp³-hybridized carbons (Fsp3) is 0.588. The van der Waals surface area contributed by atoms with Crippen molar-refractivity contribution in [2.75, 3.05) is 19.8 Å². The number of ether oxygens (including phenoxy) is 1. The first-order valence-corrected chi connectivity index (χ1v) is 9.14. The van der Waals surface area contributed by atoms with Crippen molar-refractivity contribution in [1.82, 2.24) is 14.5 Å². The average Bonchev–Trinajstić information content (AvgIpc) is 3.12. The Hall–Kier alpha value is -1.73. The number of nitrogens with zero attached hydrogens (tertiary/aromatic N) is 3. The molecule has 1 saturated heterocycles. The van der Waals surface area contributed by atoms with E-state index in [2.05, 4.69) is 4.98 Å². The zero-order valence-electron chi connectivity index (χ0n) is 14.2. The van der Waals surface area contributed by atoms with E-state index in [4.69, 9.17) is 4.74 Å². The first-order chi connectivity index (χ1) is 11.4. The van der Waals surface area contributed by atoms with Crippen molar-refractivity contribution >= 4 is 27.5 Å². The number of rotatable bonds is 1. The van der Waals surface area contributed by atoms with Gasteiger partial charge in [0.1, 0.15) is 10.7 Å². The zero-order chi connectivity index (χ0) is 17.1. The van der Waals surface area contributed by atoms with Gasteiger partial charge in [-0.2, -0.15) is 0 Å². The van der Waals surface area contributed by atoms with Gasteiger partial charge in [0.15, 0.2) is 0 Å². The van der Waals surface area contributed by atoms with E-state index in [1.54, 1.807) is 4.57 Å². The van der Waals surface area contributed by atoms with Gasteiger partial charge in [-0.15, -0.1) is 11.3 Å². The van der Waals surface area contributed by atoms with Crippen LogP contribution in [0, 0.1) is 6.92 Å². The molecule has 0 saturated carbocycles. The van der Waals surface area contributed by atoms with Crippen LogP contribution in [-0.2, 0) is 17.7 Å². The molecule has 2 aliphatic rings. The lowest BCUT2D eigenvalue weighted by atomic mass is 10.0. The van der Waals surface area contributed by atoms with Crippen LogP contribution in [0.15, 0.2) is 4.79 Å².